The summed E-state index contributed by atoms with van der Waals surface area (Å²) in [5.74, 6) is 1.78. The lowest BCUT2D eigenvalue weighted by atomic mass is 10.1. The average molecular weight is 193 g/mol. The highest BCUT2D eigenvalue weighted by molar-refractivity contribution is 5.48. The summed E-state index contributed by atoms with van der Waals surface area (Å²) in [5.41, 5.74) is 1.21. The molecule has 0 spiro atoms. The van der Waals surface area contributed by atoms with Gasteiger partial charge in [0.15, 0.2) is 11.5 Å². The van der Waals surface area contributed by atoms with E-state index in [1.807, 2.05) is 19.2 Å². The molecule has 1 heterocycles. The second-order valence-electron chi connectivity index (χ2n) is 3.54. The summed E-state index contributed by atoms with van der Waals surface area (Å²) in [4.78, 5) is 0. The molecule has 2 rings (SSSR count). The molecule has 0 unspecified atom stereocenters. The summed E-state index contributed by atoms with van der Waals surface area (Å²) in [7, 11) is 1.96. The first-order valence-corrected chi connectivity index (χ1v) is 4.86. The highest BCUT2D eigenvalue weighted by atomic mass is 16.7. The topological polar surface area (TPSA) is 30.5 Å². The maximum absolute atomic E-state index is 5.42. The number of benzene rings is 1. The smallest absolute Gasteiger partial charge is 0.231 e. The van der Waals surface area contributed by atoms with Crippen LogP contribution in [0.2, 0.25) is 0 Å². The summed E-state index contributed by atoms with van der Waals surface area (Å²) in [6.45, 7) is 2.50. The van der Waals surface area contributed by atoms with E-state index in [0.717, 1.165) is 17.9 Å². The molecular weight excluding hydrogens is 178 g/mol. The molecule has 3 heteroatoms. The zero-order valence-electron chi connectivity index (χ0n) is 8.54. The molecule has 1 N–H and O–H groups in total. The molecular formula is C11H15NO2. The van der Waals surface area contributed by atoms with Crippen LogP contribution in [0.5, 0.6) is 11.5 Å². The van der Waals surface area contributed by atoms with Crippen molar-refractivity contribution in [1.29, 1.82) is 0 Å². The predicted molar refractivity (Wildman–Crippen MR) is 54.8 cm³/mol. The van der Waals surface area contributed by atoms with Crippen molar-refractivity contribution in [1.82, 2.24) is 5.32 Å². The third kappa shape index (κ3) is 1.68. The summed E-state index contributed by atoms with van der Waals surface area (Å²) in [6, 6.07) is 6.48. The monoisotopic (exact) mass is 193 g/mol. The first kappa shape index (κ1) is 9.34. The Bertz CT molecular complexity index is 325. The zero-order valence-corrected chi connectivity index (χ0v) is 8.54. The van der Waals surface area contributed by atoms with E-state index in [9.17, 15) is 0 Å². The van der Waals surface area contributed by atoms with Crippen molar-refractivity contribution in [3.63, 3.8) is 0 Å². The molecule has 0 saturated heterocycles. The van der Waals surface area contributed by atoms with Gasteiger partial charge in [0.2, 0.25) is 6.79 Å². The lowest BCUT2D eigenvalue weighted by Gasteiger charge is -2.11. The maximum Gasteiger partial charge on any atom is 0.231 e. The van der Waals surface area contributed by atoms with Gasteiger partial charge in [-0.3, -0.25) is 0 Å². The minimum atomic E-state index is 0.348. The number of likely N-dealkylation sites (N-methyl/N-ethyl adjacent to an activating group) is 1. The largest absolute Gasteiger partial charge is 0.454 e. The van der Waals surface area contributed by atoms with Crippen LogP contribution in [0.1, 0.15) is 12.5 Å². The number of hydrogen-bond donors (Lipinski definition) is 1. The van der Waals surface area contributed by atoms with Crippen LogP contribution in [0.3, 0.4) is 0 Å². The van der Waals surface area contributed by atoms with Crippen LogP contribution in [0.25, 0.3) is 0 Å². The predicted octanol–water partition coefficient (Wildman–Crippen LogP) is 1.57. The van der Waals surface area contributed by atoms with Gasteiger partial charge in [0, 0.05) is 6.04 Å². The molecule has 1 aliphatic rings. The first-order valence-electron chi connectivity index (χ1n) is 4.86. The highest BCUT2D eigenvalue weighted by Gasteiger charge is 2.17. The Balaban J connectivity index is 2.22. The molecule has 0 bridgehead atoms. The van der Waals surface area contributed by atoms with E-state index in [2.05, 4.69) is 18.3 Å². The molecule has 0 aromatic heterocycles. The lowest BCUT2D eigenvalue weighted by molar-refractivity contribution is 0.173. The molecule has 76 valence electrons. The summed E-state index contributed by atoms with van der Waals surface area (Å²) >= 11 is 0. The Morgan fingerprint density at radius 2 is 2.29 bits per heavy atom. The molecule has 0 amide bonds. The van der Waals surface area contributed by atoms with Gasteiger partial charge in [0.1, 0.15) is 0 Å². The van der Waals surface area contributed by atoms with Crippen LogP contribution >= 0.6 is 0 Å². The van der Waals surface area contributed by atoms with Crippen LogP contribution in [0.4, 0.5) is 0 Å². The SMILES string of the molecule is CN[C@H](C)Cc1cccc2c1OCO2. The Labute approximate surface area is 84.0 Å². The zero-order chi connectivity index (χ0) is 9.97. The van der Waals surface area contributed by atoms with Crippen molar-refractivity contribution in [3.8, 4) is 11.5 Å². The van der Waals surface area contributed by atoms with Gasteiger partial charge in [-0.05, 0) is 32.0 Å². The van der Waals surface area contributed by atoms with Gasteiger partial charge < -0.3 is 14.8 Å². The Hall–Kier alpha value is -1.22. The summed E-state index contributed by atoms with van der Waals surface area (Å²) < 4.78 is 10.7. The second-order valence-corrected chi connectivity index (χ2v) is 3.54. The number of hydrogen-bond acceptors (Lipinski definition) is 3. The van der Waals surface area contributed by atoms with Crippen LogP contribution in [0.15, 0.2) is 18.2 Å². The molecule has 0 radical (unpaired) electrons. The fourth-order valence-corrected chi connectivity index (χ4v) is 1.58. The van der Waals surface area contributed by atoms with Crippen LogP contribution in [-0.4, -0.2) is 19.9 Å². The molecule has 3 nitrogen and oxygen atoms in total. The quantitative estimate of drug-likeness (QED) is 0.790. The standard InChI is InChI=1S/C11H15NO2/c1-8(12-2)6-9-4-3-5-10-11(9)14-7-13-10/h3-5,8,12H,6-7H2,1-2H3/t8-/m1/s1. The van der Waals surface area contributed by atoms with Crippen molar-refractivity contribution in [2.45, 2.75) is 19.4 Å². The van der Waals surface area contributed by atoms with E-state index in [4.69, 9.17) is 9.47 Å². The van der Waals surface area contributed by atoms with Gasteiger partial charge in [-0.25, -0.2) is 0 Å². The van der Waals surface area contributed by atoms with Gasteiger partial charge in [0.25, 0.3) is 0 Å². The number of para-hydroxylation sites is 1. The van der Waals surface area contributed by atoms with Gasteiger partial charge in [-0.2, -0.15) is 0 Å². The average Bonchev–Trinajstić information content (AvgIpc) is 2.66. The van der Waals surface area contributed by atoms with Gasteiger partial charge in [-0.15, -0.1) is 0 Å². The molecule has 0 fully saturated rings. The third-order valence-electron chi connectivity index (χ3n) is 2.50. The van der Waals surface area contributed by atoms with Crippen LogP contribution in [-0.2, 0) is 6.42 Å². The van der Waals surface area contributed by atoms with E-state index in [1.165, 1.54) is 5.56 Å². The maximum atomic E-state index is 5.42. The summed E-state index contributed by atoms with van der Waals surface area (Å²) in [6.07, 6.45) is 0.961. The number of nitrogens with one attached hydrogen (secondary N) is 1. The van der Waals surface area contributed by atoms with Gasteiger partial charge in [0.05, 0.1) is 0 Å². The number of ether oxygens (including phenoxy) is 2. The van der Waals surface area contributed by atoms with E-state index in [0.29, 0.717) is 12.8 Å². The van der Waals surface area contributed by atoms with Crippen LogP contribution < -0.4 is 14.8 Å². The Kier molecular flexibility index (Phi) is 2.59. The van der Waals surface area contributed by atoms with E-state index in [-0.39, 0.29) is 0 Å². The van der Waals surface area contributed by atoms with Crippen molar-refractivity contribution < 1.29 is 9.47 Å². The molecule has 0 aliphatic carbocycles. The normalized spacial score (nSPS) is 15.6. The lowest BCUT2D eigenvalue weighted by Crippen LogP contribution is -2.23. The summed E-state index contributed by atoms with van der Waals surface area (Å²) in [5, 5.41) is 3.21. The fraction of sp³-hybridized carbons (Fsp3) is 0.455. The minimum absolute atomic E-state index is 0.348. The molecule has 14 heavy (non-hydrogen) atoms. The van der Waals surface area contributed by atoms with E-state index in [1.54, 1.807) is 0 Å². The molecule has 1 aromatic carbocycles. The van der Waals surface area contributed by atoms with Gasteiger partial charge >= 0.3 is 0 Å². The highest BCUT2D eigenvalue weighted by Crippen LogP contribution is 2.35. The first-order chi connectivity index (χ1) is 6.81. The minimum Gasteiger partial charge on any atom is -0.454 e. The molecule has 1 aromatic rings. The van der Waals surface area contributed by atoms with Crippen LogP contribution in [0, 0.1) is 0 Å². The Morgan fingerprint density at radius 3 is 3.07 bits per heavy atom. The number of rotatable bonds is 3. The third-order valence-corrected chi connectivity index (χ3v) is 2.50. The van der Waals surface area contributed by atoms with E-state index >= 15 is 0 Å². The molecule has 1 aliphatic heterocycles. The van der Waals surface area contributed by atoms with Crippen molar-refractivity contribution in [2.75, 3.05) is 13.8 Å². The van der Waals surface area contributed by atoms with E-state index < -0.39 is 0 Å². The fourth-order valence-electron chi connectivity index (χ4n) is 1.58. The van der Waals surface area contributed by atoms with Crippen molar-refractivity contribution in [3.05, 3.63) is 23.8 Å². The number of fused-ring (bicyclic) bond motifs is 1. The van der Waals surface area contributed by atoms with Crippen molar-refractivity contribution in [2.24, 2.45) is 0 Å². The second kappa shape index (κ2) is 3.88. The molecule has 1 atom stereocenters. The van der Waals surface area contributed by atoms with Crippen molar-refractivity contribution >= 4 is 0 Å². The molecule has 0 saturated carbocycles. The van der Waals surface area contributed by atoms with Gasteiger partial charge in [-0.1, -0.05) is 12.1 Å². The Morgan fingerprint density at radius 1 is 1.43 bits per heavy atom.